The number of terminal acetylenes is 1. The Bertz CT molecular complexity index is 314. The van der Waals surface area contributed by atoms with Gasteiger partial charge >= 0.3 is 5.97 Å². The van der Waals surface area contributed by atoms with E-state index < -0.39 is 5.97 Å². The van der Waals surface area contributed by atoms with Gasteiger partial charge in [0.25, 0.3) is 0 Å². The Hall–Kier alpha value is -1.54. The van der Waals surface area contributed by atoms with Crippen molar-refractivity contribution in [3.8, 4) is 12.3 Å². The molecule has 0 heterocycles. The van der Waals surface area contributed by atoms with Gasteiger partial charge in [-0.25, -0.2) is 0 Å². The van der Waals surface area contributed by atoms with Gasteiger partial charge in [0.1, 0.15) is 0 Å². The van der Waals surface area contributed by atoms with Gasteiger partial charge < -0.3 is 10.4 Å². The Labute approximate surface area is 101 Å². The van der Waals surface area contributed by atoms with Gasteiger partial charge in [0.2, 0.25) is 5.91 Å². The van der Waals surface area contributed by atoms with Crippen molar-refractivity contribution in [3.05, 3.63) is 0 Å². The highest BCUT2D eigenvalue weighted by molar-refractivity contribution is 5.78. The molecule has 1 saturated carbocycles. The number of rotatable bonds is 5. The fourth-order valence-corrected chi connectivity index (χ4v) is 2.01. The van der Waals surface area contributed by atoms with Crippen LogP contribution in [0.1, 0.15) is 25.7 Å². The number of carboxylic acid groups (broad SMARTS) is 1. The summed E-state index contributed by atoms with van der Waals surface area (Å²) in [5.41, 5.74) is 0. The predicted molar refractivity (Wildman–Crippen MR) is 63.2 cm³/mol. The third-order valence-corrected chi connectivity index (χ3v) is 2.95. The number of hydrogen-bond donors (Lipinski definition) is 3. The first-order chi connectivity index (χ1) is 8.13. The van der Waals surface area contributed by atoms with Crippen LogP contribution in [0.25, 0.3) is 0 Å². The van der Waals surface area contributed by atoms with Gasteiger partial charge in [-0.2, -0.15) is 0 Å². The number of amides is 1. The molecule has 0 saturated heterocycles. The highest BCUT2D eigenvalue weighted by Gasteiger charge is 2.26. The summed E-state index contributed by atoms with van der Waals surface area (Å²) >= 11 is 0. The average molecular weight is 238 g/mol. The highest BCUT2D eigenvalue weighted by Crippen LogP contribution is 2.24. The number of carbonyl (C=O) groups excluding carboxylic acids is 1. The van der Waals surface area contributed by atoms with Crippen LogP contribution in [-0.4, -0.2) is 36.1 Å². The van der Waals surface area contributed by atoms with Gasteiger partial charge in [-0.3, -0.25) is 14.9 Å². The molecule has 0 unspecified atom stereocenters. The SMILES string of the molecule is C#CCNCC(=O)NC1CCC(C(=O)O)CC1. The van der Waals surface area contributed by atoms with Crippen molar-refractivity contribution >= 4 is 11.9 Å². The molecule has 0 aliphatic heterocycles. The van der Waals surface area contributed by atoms with Crippen molar-refractivity contribution in [1.82, 2.24) is 10.6 Å². The number of nitrogens with one attached hydrogen (secondary N) is 2. The van der Waals surface area contributed by atoms with E-state index in [4.69, 9.17) is 11.5 Å². The van der Waals surface area contributed by atoms with Crippen molar-refractivity contribution in [1.29, 1.82) is 0 Å². The van der Waals surface area contributed by atoms with Crippen molar-refractivity contribution < 1.29 is 14.7 Å². The second-order valence-corrected chi connectivity index (χ2v) is 4.26. The van der Waals surface area contributed by atoms with Crippen molar-refractivity contribution in [2.24, 2.45) is 5.92 Å². The normalized spacial score (nSPS) is 23.7. The number of aliphatic carboxylic acids is 1. The first kappa shape index (κ1) is 13.5. The second-order valence-electron chi connectivity index (χ2n) is 4.26. The van der Waals surface area contributed by atoms with E-state index in [1.165, 1.54) is 0 Å². The van der Waals surface area contributed by atoms with Crippen LogP contribution in [0.4, 0.5) is 0 Å². The fraction of sp³-hybridized carbons (Fsp3) is 0.667. The van der Waals surface area contributed by atoms with Crippen LogP contribution >= 0.6 is 0 Å². The van der Waals surface area contributed by atoms with Crippen molar-refractivity contribution in [2.75, 3.05) is 13.1 Å². The van der Waals surface area contributed by atoms with E-state index in [1.54, 1.807) is 0 Å². The van der Waals surface area contributed by atoms with Crippen LogP contribution in [-0.2, 0) is 9.59 Å². The minimum Gasteiger partial charge on any atom is -0.481 e. The summed E-state index contributed by atoms with van der Waals surface area (Å²) < 4.78 is 0. The van der Waals surface area contributed by atoms with Crippen LogP contribution in [0.5, 0.6) is 0 Å². The third kappa shape index (κ3) is 4.87. The third-order valence-electron chi connectivity index (χ3n) is 2.95. The van der Waals surface area contributed by atoms with Crippen LogP contribution in [0.3, 0.4) is 0 Å². The molecule has 5 heteroatoms. The monoisotopic (exact) mass is 238 g/mol. The molecule has 5 nitrogen and oxygen atoms in total. The Morgan fingerprint density at radius 2 is 1.94 bits per heavy atom. The summed E-state index contributed by atoms with van der Waals surface area (Å²) in [4.78, 5) is 22.2. The molecule has 0 bridgehead atoms. The molecule has 1 aliphatic rings. The van der Waals surface area contributed by atoms with E-state index >= 15 is 0 Å². The molecule has 0 aromatic rings. The topological polar surface area (TPSA) is 78.4 Å². The molecule has 1 fully saturated rings. The van der Waals surface area contributed by atoms with Crippen molar-refractivity contribution in [2.45, 2.75) is 31.7 Å². The lowest BCUT2D eigenvalue weighted by molar-refractivity contribution is -0.142. The standard InChI is InChI=1S/C12H18N2O3/c1-2-7-13-8-11(15)14-10-5-3-9(4-6-10)12(16)17/h1,9-10,13H,3-8H2,(H,14,15)(H,16,17). The largest absolute Gasteiger partial charge is 0.481 e. The van der Waals surface area contributed by atoms with E-state index in [9.17, 15) is 9.59 Å². The van der Waals surface area contributed by atoms with Crippen LogP contribution < -0.4 is 10.6 Å². The first-order valence-electron chi connectivity index (χ1n) is 5.80. The zero-order chi connectivity index (χ0) is 12.7. The molecule has 0 aromatic heterocycles. The quantitative estimate of drug-likeness (QED) is 0.464. The number of carbonyl (C=O) groups is 2. The molecule has 0 radical (unpaired) electrons. The lowest BCUT2D eigenvalue weighted by Crippen LogP contribution is -2.42. The number of carboxylic acids is 1. The summed E-state index contributed by atoms with van der Waals surface area (Å²) in [5, 5.41) is 14.5. The van der Waals surface area contributed by atoms with Crippen LogP contribution in [0.2, 0.25) is 0 Å². The molecule has 17 heavy (non-hydrogen) atoms. The van der Waals surface area contributed by atoms with E-state index in [-0.39, 0.29) is 24.4 Å². The molecular formula is C12H18N2O3. The maximum absolute atomic E-state index is 11.4. The average Bonchev–Trinajstić information content (AvgIpc) is 2.30. The van der Waals surface area contributed by atoms with E-state index in [2.05, 4.69) is 16.6 Å². The molecule has 1 amide bonds. The van der Waals surface area contributed by atoms with E-state index in [1.807, 2.05) is 0 Å². The summed E-state index contributed by atoms with van der Waals surface area (Å²) in [6, 6.07) is 0.103. The summed E-state index contributed by atoms with van der Waals surface area (Å²) in [7, 11) is 0. The molecule has 1 aliphatic carbocycles. The van der Waals surface area contributed by atoms with Gasteiger partial charge in [0, 0.05) is 6.04 Å². The summed E-state index contributed by atoms with van der Waals surface area (Å²) in [5.74, 6) is 1.33. The summed E-state index contributed by atoms with van der Waals surface area (Å²) in [6.07, 6.45) is 7.78. The highest BCUT2D eigenvalue weighted by atomic mass is 16.4. The first-order valence-corrected chi connectivity index (χ1v) is 5.80. The van der Waals surface area contributed by atoms with Gasteiger partial charge in [0.15, 0.2) is 0 Å². The van der Waals surface area contributed by atoms with Gasteiger partial charge in [-0.05, 0) is 25.7 Å². The minimum absolute atomic E-state index is 0.0842. The molecule has 0 atom stereocenters. The number of hydrogen-bond acceptors (Lipinski definition) is 3. The van der Waals surface area contributed by atoms with Gasteiger partial charge in [-0.1, -0.05) is 5.92 Å². The Morgan fingerprint density at radius 1 is 1.29 bits per heavy atom. The molecular weight excluding hydrogens is 220 g/mol. The van der Waals surface area contributed by atoms with E-state index in [0.717, 1.165) is 12.8 Å². The lowest BCUT2D eigenvalue weighted by atomic mass is 9.86. The lowest BCUT2D eigenvalue weighted by Gasteiger charge is -2.26. The molecule has 3 N–H and O–H groups in total. The maximum atomic E-state index is 11.4. The smallest absolute Gasteiger partial charge is 0.306 e. The van der Waals surface area contributed by atoms with Gasteiger partial charge in [-0.15, -0.1) is 6.42 Å². The zero-order valence-electron chi connectivity index (χ0n) is 9.74. The minimum atomic E-state index is -0.731. The second kappa shape index (κ2) is 6.92. The van der Waals surface area contributed by atoms with Crippen LogP contribution in [0, 0.1) is 18.3 Å². The molecule has 1 rings (SSSR count). The van der Waals surface area contributed by atoms with Gasteiger partial charge in [0.05, 0.1) is 19.0 Å². The molecule has 0 spiro atoms. The molecule has 0 aromatic carbocycles. The van der Waals surface area contributed by atoms with Crippen LogP contribution in [0.15, 0.2) is 0 Å². The predicted octanol–water partition coefficient (Wildman–Crippen LogP) is -0.0312. The van der Waals surface area contributed by atoms with E-state index in [0.29, 0.717) is 19.4 Å². The Balaban J connectivity index is 2.19. The Kier molecular flexibility index (Phi) is 5.50. The van der Waals surface area contributed by atoms with Crippen molar-refractivity contribution in [3.63, 3.8) is 0 Å². The fourth-order valence-electron chi connectivity index (χ4n) is 2.01. The Morgan fingerprint density at radius 3 is 2.47 bits per heavy atom. The zero-order valence-corrected chi connectivity index (χ0v) is 9.74. The maximum Gasteiger partial charge on any atom is 0.306 e. The summed E-state index contributed by atoms with van der Waals surface area (Å²) in [6.45, 7) is 0.586. The molecule has 94 valence electrons.